The van der Waals surface area contributed by atoms with Crippen molar-refractivity contribution in [2.24, 2.45) is 5.41 Å². The summed E-state index contributed by atoms with van der Waals surface area (Å²) in [5.74, 6) is -2.11. The fourth-order valence-corrected chi connectivity index (χ4v) is 6.06. The highest BCUT2D eigenvalue weighted by atomic mass is 19.4. The second-order valence-electron chi connectivity index (χ2n) is 12.5. The first-order valence-electron chi connectivity index (χ1n) is 14.7. The number of carboxylic acid groups (broad SMARTS) is 1. The summed E-state index contributed by atoms with van der Waals surface area (Å²) in [7, 11) is 1.39. The van der Waals surface area contributed by atoms with E-state index in [1.165, 1.54) is 31.2 Å². The van der Waals surface area contributed by atoms with Crippen LogP contribution in [0, 0.1) is 11.2 Å². The van der Waals surface area contributed by atoms with Gasteiger partial charge in [-0.1, -0.05) is 19.9 Å². The first-order chi connectivity index (χ1) is 22.3. The van der Waals surface area contributed by atoms with Gasteiger partial charge in [0.05, 0.1) is 36.0 Å². The molecule has 3 aromatic rings. The summed E-state index contributed by atoms with van der Waals surface area (Å²) in [5, 5.41) is 9.18. The third-order valence-corrected chi connectivity index (χ3v) is 8.58. The smallest absolute Gasteiger partial charge is 0.416 e. The molecule has 0 unspecified atom stereocenters. The third kappa shape index (κ3) is 6.95. The number of alkyl halides is 6. The lowest BCUT2D eigenvalue weighted by Crippen LogP contribution is -2.35. The van der Waals surface area contributed by atoms with E-state index in [0.717, 1.165) is 12.1 Å². The highest BCUT2D eigenvalue weighted by Crippen LogP contribution is 2.46. The third-order valence-electron chi connectivity index (χ3n) is 8.58. The lowest BCUT2D eigenvalue weighted by molar-refractivity contribution is -0.143. The van der Waals surface area contributed by atoms with Crippen LogP contribution in [0.15, 0.2) is 48.2 Å². The normalized spacial score (nSPS) is 19.8. The number of nitrogens with zero attached hydrogens (tertiary/aromatic N) is 3. The standard InChI is InChI=1S/C33H30F7N3O5/c1-16-27(18-9-20(32(35,36)37)12-21(10-18)33(38,39)40)48-30(46)43(16)15-19-13-31(2,3)8-7-22(19)26-25(47-4)14-41-28(42-26)17-5-6-23(29(44)45)24(34)11-17/h5-6,9-12,14,16,27H,7-8,13,15H2,1-4H3,(H,44,45)/t16-,27-/m0/s1. The van der Waals surface area contributed by atoms with Crippen molar-refractivity contribution in [1.29, 1.82) is 0 Å². The molecule has 256 valence electrons. The Labute approximate surface area is 270 Å². The molecule has 0 saturated carbocycles. The Hall–Kier alpha value is -4.69. The summed E-state index contributed by atoms with van der Waals surface area (Å²) < 4.78 is 107. The molecule has 0 spiro atoms. The number of hydrogen-bond acceptors (Lipinski definition) is 6. The molecule has 48 heavy (non-hydrogen) atoms. The lowest BCUT2D eigenvalue weighted by atomic mass is 9.73. The second-order valence-corrected chi connectivity index (χ2v) is 12.5. The molecule has 1 fully saturated rings. The van der Waals surface area contributed by atoms with Gasteiger partial charge in [0.15, 0.2) is 11.6 Å². The molecular weight excluding hydrogens is 651 g/mol. The first kappa shape index (κ1) is 34.6. The topological polar surface area (TPSA) is 102 Å². The molecule has 2 heterocycles. The number of amides is 1. The summed E-state index contributed by atoms with van der Waals surface area (Å²) >= 11 is 0. The van der Waals surface area contributed by atoms with Crippen LogP contribution in [-0.4, -0.2) is 51.7 Å². The van der Waals surface area contributed by atoms with Crippen LogP contribution in [0.1, 0.15) is 78.9 Å². The van der Waals surface area contributed by atoms with Crippen LogP contribution in [0.25, 0.3) is 17.0 Å². The van der Waals surface area contributed by atoms with Crippen molar-refractivity contribution in [2.75, 3.05) is 13.7 Å². The van der Waals surface area contributed by atoms with Crippen molar-refractivity contribution in [3.8, 4) is 17.1 Å². The maximum atomic E-state index is 14.5. The summed E-state index contributed by atoms with van der Waals surface area (Å²) in [5.41, 5.74) is -2.37. The van der Waals surface area contributed by atoms with E-state index < -0.39 is 64.6 Å². The Morgan fingerprint density at radius 1 is 1.08 bits per heavy atom. The number of ether oxygens (including phenoxy) is 2. The van der Waals surface area contributed by atoms with Gasteiger partial charge < -0.3 is 14.6 Å². The molecule has 15 heteroatoms. The highest BCUT2D eigenvalue weighted by Gasteiger charge is 2.44. The average Bonchev–Trinajstić information content (AvgIpc) is 3.27. The van der Waals surface area contributed by atoms with E-state index in [1.54, 1.807) is 0 Å². The van der Waals surface area contributed by atoms with Gasteiger partial charge in [-0.2, -0.15) is 26.3 Å². The van der Waals surface area contributed by atoms with Gasteiger partial charge in [0.2, 0.25) is 0 Å². The van der Waals surface area contributed by atoms with E-state index in [2.05, 4.69) is 9.97 Å². The first-order valence-corrected chi connectivity index (χ1v) is 14.7. The molecule has 0 bridgehead atoms. The summed E-state index contributed by atoms with van der Waals surface area (Å²) in [6, 6.07) is 3.61. The van der Waals surface area contributed by atoms with Crippen LogP contribution in [0.2, 0.25) is 0 Å². The predicted molar refractivity (Wildman–Crippen MR) is 157 cm³/mol. The van der Waals surface area contributed by atoms with Crippen LogP contribution in [0.4, 0.5) is 35.5 Å². The zero-order chi connectivity index (χ0) is 35.3. The highest BCUT2D eigenvalue weighted by molar-refractivity contribution is 5.88. The average molecular weight is 682 g/mol. The number of rotatable bonds is 7. The van der Waals surface area contributed by atoms with Crippen LogP contribution >= 0.6 is 0 Å². The molecule has 1 saturated heterocycles. The lowest BCUT2D eigenvalue weighted by Gasteiger charge is -2.35. The van der Waals surface area contributed by atoms with E-state index in [9.17, 15) is 45.4 Å². The zero-order valence-electron chi connectivity index (χ0n) is 26.1. The van der Waals surface area contributed by atoms with Crippen molar-refractivity contribution >= 4 is 17.6 Å². The number of carboxylic acids is 1. The minimum Gasteiger partial charge on any atom is -0.493 e. The quantitative estimate of drug-likeness (QED) is 0.249. The molecule has 0 radical (unpaired) electrons. The Balaban J connectivity index is 1.54. The van der Waals surface area contributed by atoms with Crippen LogP contribution in [0.5, 0.6) is 5.75 Å². The number of methoxy groups -OCH3 is 1. The monoisotopic (exact) mass is 681 g/mol. The van der Waals surface area contributed by atoms with Gasteiger partial charge in [0.25, 0.3) is 0 Å². The Bertz CT molecular complexity index is 1770. The van der Waals surface area contributed by atoms with Crippen molar-refractivity contribution in [1.82, 2.24) is 14.9 Å². The molecule has 1 aromatic heterocycles. The van der Waals surface area contributed by atoms with Crippen LogP contribution in [0.3, 0.4) is 0 Å². The number of carbonyl (C=O) groups excluding carboxylic acids is 1. The largest absolute Gasteiger partial charge is 0.493 e. The molecule has 1 N–H and O–H groups in total. The summed E-state index contributed by atoms with van der Waals surface area (Å²) in [4.78, 5) is 34.6. The molecule has 2 aromatic carbocycles. The van der Waals surface area contributed by atoms with E-state index in [1.807, 2.05) is 13.8 Å². The van der Waals surface area contributed by atoms with Gasteiger partial charge >= 0.3 is 24.4 Å². The van der Waals surface area contributed by atoms with Crippen molar-refractivity contribution < 1.29 is 54.9 Å². The molecule has 8 nitrogen and oxygen atoms in total. The Morgan fingerprint density at radius 2 is 1.73 bits per heavy atom. The number of aromatic carboxylic acids is 1. The van der Waals surface area contributed by atoms with Gasteiger partial charge in [0, 0.05) is 12.1 Å². The maximum Gasteiger partial charge on any atom is 0.416 e. The molecular formula is C33H30F7N3O5. The molecule has 1 amide bonds. The summed E-state index contributed by atoms with van der Waals surface area (Å²) in [6.45, 7) is 5.42. The predicted octanol–water partition coefficient (Wildman–Crippen LogP) is 8.57. The van der Waals surface area contributed by atoms with Gasteiger partial charge in [-0.05, 0) is 78.6 Å². The zero-order valence-corrected chi connectivity index (χ0v) is 26.1. The van der Waals surface area contributed by atoms with E-state index in [0.29, 0.717) is 48.2 Å². The molecule has 2 atom stereocenters. The van der Waals surface area contributed by atoms with E-state index in [-0.39, 0.29) is 35.2 Å². The number of hydrogen-bond donors (Lipinski definition) is 1. The van der Waals surface area contributed by atoms with Crippen LogP contribution in [-0.2, 0) is 17.1 Å². The number of cyclic esters (lactones) is 1. The van der Waals surface area contributed by atoms with E-state index in [4.69, 9.17) is 9.47 Å². The Morgan fingerprint density at radius 3 is 2.29 bits per heavy atom. The molecule has 1 aliphatic heterocycles. The number of allylic oxidation sites excluding steroid dienone is 1. The Kier molecular flexibility index (Phi) is 8.95. The number of benzene rings is 2. The van der Waals surface area contributed by atoms with E-state index >= 15 is 0 Å². The van der Waals surface area contributed by atoms with Crippen molar-refractivity contribution in [3.05, 3.63) is 81.9 Å². The van der Waals surface area contributed by atoms with Crippen molar-refractivity contribution in [2.45, 2.75) is 64.5 Å². The van der Waals surface area contributed by atoms with Gasteiger partial charge in [-0.15, -0.1) is 0 Å². The molecule has 5 rings (SSSR count). The van der Waals surface area contributed by atoms with Gasteiger partial charge in [-0.25, -0.2) is 23.9 Å². The minimum atomic E-state index is -5.07. The fourth-order valence-electron chi connectivity index (χ4n) is 6.06. The number of halogens is 7. The maximum absolute atomic E-state index is 14.5. The van der Waals surface area contributed by atoms with Gasteiger partial charge in [0.1, 0.15) is 17.6 Å². The fraction of sp³-hybridized carbons (Fsp3) is 0.394. The number of carbonyl (C=O) groups is 2. The minimum absolute atomic E-state index is 0.0160. The molecule has 2 aliphatic rings. The number of aromatic nitrogens is 2. The second kappa shape index (κ2) is 12.4. The van der Waals surface area contributed by atoms with Crippen LogP contribution < -0.4 is 4.74 Å². The molecule has 1 aliphatic carbocycles. The van der Waals surface area contributed by atoms with Crippen molar-refractivity contribution in [3.63, 3.8) is 0 Å². The summed E-state index contributed by atoms with van der Waals surface area (Å²) in [6.07, 6.45) is -9.55. The SMILES string of the molecule is COc1cnc(-c2ccc(C(=O)O)c(F)c2)nc1C1=C(CN2C(=O)O[C@H](c3cc(C(F)(F)F)cc(C(F)(F)F)c3)[C@@H]2C)CC(C)(C)CC1. The van der Waals surface area contributed by atoms with Gasteiger partial charge in [-0.3, -0.25) is 4.90 Å².